The summed E-state index contributed by atoms with van der Waals surface area (Å²) in [5, 5.41) is 13.9. The van der Waals surface area contributed by atoms with E-state index in [-0.39, 0.29) is 5.91 Å². The van der Waals surface area contributed by atoms with Gasteiger partial charge in [-0.2, -0.15) is 0 Å². The van der Waals surface area contributed by atoms with Crippen molar-refractivity contribution in [3.05, 3.63) is 66.2 Å². The van der Waals surface area contributed by atoms with Crippen LogP contribution in [-0.2, 0) is 13.6 Å². The molecule has 8 nitrogen and oxygen atoms in total. The number of carbonyl (C=O) groups is 1. The molecule has 4 rings (SSSR count). The van der Waals surface area contributed by atoms with Crippen LogP contribution in [0.4, 0.5) is 0 Å². The van der Waals surface area contributed by atoms with E-state index in [2.05, 4.69) is 25.8 Å². The van der Waals surface area contributed by atoms with Crippen molar-refractivity contribution in [2.24, 2.45) is 7.05 Å². The summed E-state index contributed by atoms with van der Waals surface area (Å²) in [6, 6.07) is 15.0. The molecule has 124 valence electrons. The second-order valence-electron chi connectivity index (χ2n) is 5.56. The largest absolute Gasteiger partial charge is 0.345 e. The van der Waals surface area contributed by atoms with Gasteiger partial charge in [-0.05, 0) is 40.8 Å². The number of aromatic nitrogens is 6. The molecule has 4 aromatic rings. The lowest BCUT2D eigenvalue weighted by Crippen LogP contribution is -2.24. The van der Waals surface area contributed by atoms with Crippen molar-refractivity contribution in [1.29, 1.82) is 0 Å². The van der Waals surface area contributed by atoms with Gasteiger partial charge in [-0.15, -0.1) is 5.10 Å². The molecule has 0 aliphatic carbocycles. The third kappa shape index (κ3) is 2.85. The van der Waals surface area contributed by atoms with Crippen LogP contribution >= 0.6 is 0 Å². The van der Waals surface area contributed by atoms with Gasteiger partial charge in [0.2, 0.25) is 0 Å². The van der Waals surface area contributed by atoms with Gasteiger partial charge in [0.25, 0.3) is 5.91 Å². The lowest BCUT2D eigenvalue weighted by molar-refractivity contribution is 0.0949. The molecule has 1 amide bonds. The highest BCUT2D eigenvalue weighted by atomic mass is 16.1. The number of nitrogens with one attached hydrogen (secondary N) is 1. The molecule has 0 saturated carbocycles. The van der Waals surface area contributed by atoms with Gasteiger partial charge in [0.15, 0.2) is 0 Å². The van der Waals surface area contributed by atoms with Gasteiger partial charge < -0.3 is 9.88 Å². The van der Waals surface area contributed by atoms with Gasteiger partial charge in [-0.1, -0.05) is 18.2 Å². The van der Waals surface area contributed by atoms with E-state index in [0.29, 0.717) is 12.1 Å². The fourth-order valence-corrected chi connectivity index (χ4v) is 2.68. The molecule has 0 saturated heterocycles. The molecule has 0 aliphatic rings. The Morgan fingerprint density at radius 1 is 1.16 bits per heavy atom. The number of hydrogen-bond donors (Lipinski definition) is 1. The van der Waals surface area contributed by atoms with Crippen molar-refractivity contribution in [1.82, 2.24) is 35.1 Å². The summed E-state index contributed by atoms with van der Waals surface area (Å²) in [5.74, 6) is 0.619. The standard InChI is InChI=1S/C17H15N7O/c1-23-15-8-3-2-7-14(15)20-16(23)10-18-17(25)12-5-4-6-13(9-12)24-11-19-21-22-24/h2-9,11H,10H2,1H3,(H,18,25). The number of amides is 1. The summed E-state index contributed by atoms with van der Waals surface area (Å²) in [4.78, 5) is 17.0. The van der Waals surface area contributed by atoms with E-state index < -0.39 is 0 Å². The number of carbonyl (C=O) groups excluding carboxylic acids is 1. The molecule has 2 aromatic carbocycles. The summed E-state index contributed by atoms with van der Waals surface area (Å²) < 4.78 is 3.48. The molecule has 1 N–H and O–H groups in total. The second kappa shape index (κ2) is 6.16. The van der Waals surface area contributed by atoms with E-state index in [4.69, 9.17) is 0 Å². The van der Waals surface area contributed by atoms with Crippen LogP contribution < -0.4 is 5.32 Å². The molecule has 8 heteroatoms. The molecule has 2 heterocycles. The Bertz CT molecular complexity index is 1040. The zero-order chi connectivity index (χ0) is 17.2. The van der Waals surface area contributed by atoms with Crippen LogP contribution in [0, 0.1) is 0 Å². The monoisotopic (exact) mass is 333 g/mol. The minimum atomic E-state index is -0.179. The minimum absolute atomic E-state index is 0.179. The molecule has 0 radical (unpaired) electrons. The number of aryl methyl sites for hydroxylation is 1. The molecule has 0 spiro atoms. The van der Waals surface area contributed by atoms with E-state index in [1.165, 1.54) is 11.0 Å². The zero-order valence-electron chi connectivity index (χ0n) is 13.5. The number of tetrazole rings is 1. The highest BCUT2D eigenvalue weighted by Gasteiger charge is 2.11. The number of rotatable bonds is 4. The maximum Gasteiger partial charge on any atom is 0.251 e. The first kappa shape index (κ1) is 15.0. The smallest absolute Gasteiger partial charge is 0.251 e. The minimum Gasteiger partial charge on any atom is -0.345 e. The number of nitrogens with zero attached hydrogens (tertiary/aromatic N) is 6. The average Bonchev–Trinajstić information content (AvgIpc) is 3.29. The van der Waals surface area contributed by atoms with Gasteiger partial charge in [0.05, 0.1) is 23.3 Å². The molecular weight excluding hydrogens is 318 g/mol. The van der Waals surface area contributed by atoms with Crippen LogP contribution in [0.2, 0.25) is 0 Å². The van der Waals surface area contributed by atoms with Crippen LogP contribution in [0.15, 0.2) is 54.9 Å². The summed E-state index contributed by atoms with van der Waals surface area (Å²) >= 11 is 0. The predicted molar refractivity (Wildman–Crippen MR) is 91.0 cm³/mol. The Labute approximate surface area is 143 Å². The summed E-state index contributed by atoms with van der Waals surface area (Å²) in [6.07, 6.45) is 1.48. The Hall–Kier alpha value is -3.55. The highest BCUT2D eigenvalue weighted by Crippen LogP contribution is 2.14. The Kier molecular flexibility index (Phi) is 3.70. The molecule has 0 aliphatic heterocycles. The first-order valence-electron chi connectivity index (χ1n) is 7.74. The van der Waals surface area contributed by atoms with E-state index in [0.717, 1.165) is 22.5 Å². The number of hydrogen-bond acceptors (Lipinski definition) is 5. The lowest BCUT2D eigenvalue weighted by atomic mass is 10.2. The topological polar surface area (TPSA) is 90.5 Å². The fourth-order valence-electron chi connectivity index (χ4n) is 2.68. The first-order chi connectivity index (χ1) is 12.2. The van der Waals surface area contributed by atoms with E-state index in [1.807, 2.05) is 41.9 Å². The Morgan fingerprint density at radius 3 is 2.84 bits per heavy atom. The quantitative estimate of drug-likeness (QED) is 0.611. The number of fused-ring (bicyclic) bond motifs is 1. The molecule has 0 unspecified atom stereocenters. The zero-order valence-corrected chi connectivity index (χ0v) is 13.5. The molecular formula is C17H15N7O. The van der Waals surface area contributed by atoms with Gasteiger partial charge in [-0.3, -0.25) is 4.79 Å². The Morgan fingerprint density at radius 2 is 2.04 bits per heavy atom. The van der Waals surface area contributed by atoms with Crippen LogP contribution in [0.25, 0.3) is 16.7 Å². The Balaban J connectivity index is 1.52. The summed E-state index contributed by atoms with van der Waals surface area (Å²) in [5.41, 5.74) is 3.20. The summed E-state index contributed by atoms with van der Waals surface area (Å²) in [7, 11) is 1.94. The molecule has 0 fully saturated rings. The van der Waals surface area contributed by atoms with Crippen molar-refractivity contribution in [2.45, 2.75) is 6.54 Å². The first-order valence-corrected chi connectivity index (χ1v) is 7.74. The second-order valence-corrected chi connectivity index (χ2v) is 5.56. The number of imidazole rings is 1. The lowest BCUT2D eigenvalue weighted by Gasteiger charge is -2.07. The molecule has 25 heavy (non-hydrogen) atoms. The summed E-state index contributed by atoms with van der Waals surface area (Å²) in [6.45, 7) is 0.346. The van der Waals surface area contributed by atoms with Crippen molar-refractivity contribution < 1.29 is 4.79 Å². The predicted octanol–water partition coefficient (Wildman–Crippen LogP) is 1.48. The van der Waals surface area contributed by atoms with E-state index >= 15 is 0 Å². The third-order valence-corrected chi connectivity index (χ3v) is 4.01. The van der Waals surface area contributed by atoms with Gasteiger partial charge in [0.1, 0.15) is 12.2 Å². The number of benzene rings is 2. The maximum absolute atomic E-state index is 12.5. The van der Waals surface area contributed by atoms with Crippen molar-refractivity contribution in [3.8, 4) is 5.69 Å². The van der Waals surface area contributed by atoms with E-state index in [9.17, 15) is 4.79 Å². The van der Waals surface area contributed by atoms with Crippen molar-refractivity contribution in [3.63, 3.8) is 0 Å². The SMILES string of the molecule is Cn1c(CNC(=O)c2cccc(-n3cnnn3)c2)nc2ccccc21. The van der Waals surface area contributed by atoms with Crippen molar-refractivity contribution in [2.75, 3.05) is 0 Å². The normalized spacial score (nSPS) is 10.9. The third-order valence-electron chi connectivity index (χ3n) is 4.01. The van der Waals surface area contributed by atoms with Gasteiger partial charge in [0, 0.05) is 12.6 Å². The fraction of sp³-hybridized carbons (Fsp3) is 0.118. The maximum atomic E-state index is 12.5. The van der Waals surface area contributed by atoms with Crippen LogP contribution in [0.1, 0.15) is 16.2 Å². The molecule has 0 bridgehead atoms. The van der Waals surface area contributed by atoms with Crippen LogP contribution in [0.3, 0.4) is 0 Å². The number of para-hydroxylation sites is 2. The van der Waals surface area contributed by atoms with Crippen LogP contribution in [0.5, 0.6) is 0 Å². The average molecular weight is 333 g/mol. The molecule has 2 aromatic heterocycles. The van der Waals surface area contributed by atoms with Gasteiger partial charge >= 0.3 is 0 Å². The highest BCUT2D eigenvalue weighted by molar-refractivity contribution is 5.94. The van der Waals surface area contributed by atoms with Crippen molar-refractivity contribution >= 4 is 16.9 Å². The molecule has 0 atom stereocenters. The van der Waals surface area contributed by atoms with Gasteiger partial charge in [-0.25, -0.2) is 9.67 Å². The van der Waals surface area contributed by atoms with Crippen LogP contribution in [-0.4, -0.2) is 35.7 Å². The van der Waals surface area contributed by atoms with E-state index in [1.54, 1.807) is 18.2 Å².